The molecule has 1 fully saturated rings. The number of tetrazole rings is 1. The summed E-state index contributed by atoms with van der Waals surface area (Å²) in [6, 6.07) is 3.33. The zero-order valence-corrected chi connectivity index (χ0v) is 28.2. The molecule has 0 saturated heterocycles. The highest BCUT2D eigenvalue weighted by atomic mass is 19.4. The zero-order valence-electron chi connectivity index (χ0n) is 28.2. The SMILES string of the molecule is CCOC(=O)CC1CCC(CN2c3ccc(C(F)(F)F)cc3C(N(Cc3cc(C(F)(F)F)cc(C(F)(F)F)c3)c3nnn(C)n3)CC2CC)CC1. The lowest BCUT2D eigenvalue weighted by Gasteiger charge is -2.47. The van der Waals surface area contributed by atoms with Crippen LogP contribution in [0.4, 0.5) is 51.1 Å². The number of nitrogens with zero attached hydrogens (tertiary/aromatic N) is 6. The summed E-state index contributed by atoms with van der Waals surface area (Å²) in [6.07, 6.45) is -10.7. The van der Waals surface area contributed by atoms with Gasteiger partial charge >= 0.3 is 24.5 Å². The smallest absolute Gasteiger partial charge is 0.416 e. The fraction of sp³-hybridized carbons (Fsp3) is 0.588. The van der Waals surface area contributed by atoms with Crippen molar-refractivity contribution in [2.45, 2.75) is 96.0 Å². The van der Waals surface area contributed by atoms with E-state index in [1.54, 1.807) is 6.92 Å². The molecular weight excluding hydrogens is 695 g/mol. The topological polar surface area (TPSA) is 76.4 Å². The molecule has 2 aliphatic rings. The number of benzene rings is 2. The molecule has 0 bridgehead atoms. The van der Waals surface area contributed by atoms with E-state index in [1.165, 1.54) is 18.0 Å². The molecule has 8 nitrogen and oxygen atoms in total. The summed E-state index contributed by atoms with van der Waals surface area (Å²) in [5.74, 6) is -0.0605. The number of esters is 1. The van der Waals surface area contributed by atoms with E-state index in [4.69, 9.17) is 4.74 Å². The lowest BCUT2D eigenvalue weighted by molar-refractivity contribution is -0.145. The number of alkyl halides is 9. The van der Waals surface area contributed by atoms with Crippen LogP contribution in [-0.4, -0.2) is 45.4 Å². The Morgan fingerprint density at radius 3 is 2.00 bits per heavy atom. The first-order valence-electron chi connectivity index (χ1n) is 16.8. The summed E-state index contributed by atoms with van der Waals surface area (Å²) in [4.78, 5) is 16.5. The average molecular weight is 735 g/mol. The second-order valence-electron chi connectivity index (χ2n) is 13.3. The van der Waals surface area contributed by atoms with Crippen LogP contribution in [0.15, 0.2) is 36.4 Å². The van der Waals surface area contributed by atoms with E-state index >= 15 is 0 Å². The minimum Gasteiger partial charge on any atom is -0.466 e. The van der Waals surface area contributed by atoms with Crippen molar-refractivity contribution in [3.63, 3.8) is 0 Å². The number of anilines is 2. The first kappa shape index (κ1) is 38.2. The van der Waals surface area contributed by atoms with E-state index in [-0.39, 0.29) is 53.4 Å². The summed E-state index contributed by atoms with van der Waals surface area (Å²) in [5, 5.41) is 12.0. The molecule has 51 heavy (non-hydrogen) atoms. The molecule has 1 aliphatic heterocycles. The lowest BCUT2D eigenvalue weighted by atomic mass is 9.79. The van der Waals surface area contributed by atoms with Gasteiger partial charge in [-0.2, -0.15) is 44.3 Å². The molecular formula is C34H39F9N6O2. The van der Waals surface area contributed by atoms with Crippen LogP contribution in [0.3, 0.4) is 0 Å². The maximum Gasteiger partial charge on any atom is 0.416 e. The Morgan fingerprint density at radius 2 is 1.47 bits per heavy atom. The van der Waals surface area contributed by atoms with Crippen molar-refractivity contribution in [1.29, 1.82) is 0 Å². The highest BCUT2D eigenvalue weighted by molar-refractivity contribution is 5.69. The molecule has 0 spiro atoms. The highest BCUT2D eigenvalue weighted by Gasteiger charge is 2.42. The second kappa shape index (κ2) is 14.9. The van der Waals surface area contributed by atoms with E-state index in [0.29, 0.717) is 43.8 Å². The molecule has 17 heteroatoms. The quantitative estimate of drug-likeness (QED) is 0.152. The number of aryl methyl sites for hydroxylation is 1. The van der Waals surface area contributed by atoms with Gasteiger partial charge in [0, 0.05) is 31.2 Å². The highest BCUT2D eigenvalue weighted by Crippen LogP contribution is 2.47. The molecule has 1 aliphatic carbocycles. The van der Waals surface area contributed by atoms with Crippen LogP contribution in [0.1, 0.15) is 92.7 Å². The van der Waals surface area contributed by atoms with Crippen molar-refractivity contribution >= 4 is 17.6 Å². The van der Waals surface area contributed by atoms with Crippen molar-refractivity contribution in [1.82, 2.24) is 20.2 Å². The third-order valence-electron chi connectivity index (χ3n) is 9.74. The molecule has 3 aromatic rings. The van der Waals surface area contributed by atoms with Crippen LogP contribution >= 0.6 is 0 Å². The number of carbonyl (C=O) groups excluding carboxylic acids is 1. The van der Waals surface area contributed by atoms with Crippen LogP contribution in [0, 0.1) is 11.8 Å². The van der Waals surface area contributed by atoms with Gasteiger partial charge in [-0.15, -0.1) is 5.10 Å². The predicted molar refractivity (Wildman–Crippen MR) is 168 cm³/mol. The van der Waals surface area contributed by atoms with Crippen LogP contribution < -0.4 is 9.80 Å². The van der Waals surface area contributed by atoms with Crippen molar-refractivity contribution < 1.29 is 49.0 Å². The van der Waals surface area contributed by atoms with E-state index in [9.17, 15) is 44.3 Å². The minimum absolute atomic E-state index is 0.0231. The van der Waals surface area contributed by atoms with Crippen molar-refractivity contribution in [3.05, 3.63) is 64.2 Å². The molecule has 2 unspecified atom stereocenters. The van der Waals surface area contributed by atoms with Gasteiger partial charge in [-0.3, -0.25) is 4.79 Å². The van der Waals surface area contributed by atoms with Gasteiger partial charge in [0.2, 0.25) is 0 Å². The number of fused-ring (bicyclic) bond motifs is 1. The van der Waals surface area contributed by atoms with Crippen molar-refractivity contribution in [2.24, 2.45) is 18.9 Å². The molecule has 1 saturated carbocycles. The number of hydrogen-bond acceptors (Lipinski definition) is 7. The Bertz CT molecular complexity index is 1630. The van der Waals surface area contributed by atoms with Gasteiger partial charge in [0.1, 0.15) is 0 Å². The molecule has 2 aromatic carbocycles. The van der Waals surface area contributed by atoms with Crippen LogP contribution in [-0.2, 0) is 41.7 Å². The number of ether oxygens (including phenoxy) is 1. The summed E-state index contributed by atoms with van der Waals surface area (Å²) >= 11 is 0. The Morgan fingerprint density at radius 1 is 0.863 bits per heavy atom. The Hall–Kier alpha value is -4.05. The Labute approximate surface area is 288 Å². The molecule has 2 atom stereocenters. The molecule has 0 N–H and O–H groups in total. The monoisotopic (exact) mass is 734 g/mol. The Kier molecular flexibility index (Phi) is 11.2. The lowest BCUT2D eigenvalue weighted by Crippen LogP contribution is -2.47. The van der Waals surface area contributed by atoms with Crippen LogP contribution in [0.5, 0.6) is 0 Å². The molecule has 1 aromatic heterocycles. The second-order valence-corrected chi connectivity index (χ2v) is 13.3. The normalized spacial score (nSPS) is 21.4. The number of hydrogen-bond donors (Lipinski definition) is 0. The predicted octanol–water partition coefficient (Wildman–Crippen LogP) is 8.76. The van der Waals surface area contributed by atoms with Gasteiger partial charge in [-0.1, -0.05) is 12.0 Å². The molecule has 2 heterocycles. The standard InChI is InChI=1S/C34H39F9N6O2/c1-4-26-17-29(49(31-44-46-47(3)45-31)19-22-12-24(33(38,39)40)15-25(13-22)34(41,42)43)27-16-23(32(35,36)37)10-11-28(27)48(26)18-21-8-6-20(7-9-21)14-30(50)51-5-2/h10-13,15-16,20-21,26,29H,4-9,14,17-19H2,1-3H3. The van der Waals surface area contributed by atoms with Gasteiger partial charge in [-0.05, 0) is 110 Å². The molecule has 0 amide bonds. The van der Waals surface area contributed by atoms with Gasteiger partial charge < -0.3 is 14.5 Å². The first-order valence-corrected chi connectivity index (χ1v) is 16.8. The molecule has 0 radical (unpaired) electrons. The average Bonchev–Trinajstić information content (AvgIpc) is 3.49. The molecule has 5 rings (SSSR count). The fourth-order valence-electron chi connectivity index (χ4n) is 7.27. The number of halogens is 9. The number of aromatic nitrogens is 4. The van der Waals surface area contributed by atoms with E-state index in [0.717, 1.165) is 42.6 Å². The minimum atomic E-state index is -5.10. The zero-order chi connectivity index (χ0) is 37.3. The number of rotatable bonds is 10. The van der Waals surface area contributed by atoms with Gasteiger partial charge in [-0.25, -0.2) is 0 Å². The van der Waals surface area contributed by atoms with E-state index in [1.807, 2.05) is 6.92 Å². The maximum atomic E-state index is 14.1. The number of carbonyl (C=O) groups is 1. The first-order chi connectivity index (χ1) is 23.9. The maximum absolute atomic E-state index is 14.1. The van der Waals surface area contributed by atoms with Crippen molar-refractivity contribution in [3.8, 4) is 0 Å². The third-order valence-corrected chi connectivity index (χ3v) is 9.74. The van der Waals surface area contributed by atoms with E-state index < -0.39 is 47.8 Å². The molecule has 280 valence electrons. The fourth-order valence-corrected chi connectivity index (χ4v) is 7.27. The van der Waals surface area contributed by atoms with Gasteiger partial charge in [0.05, 0.1) is 36.4 Å². The summed E-state index contributed by atoms with van der Waals surface area (Å²) in [5.41, 5.74) is -3.69. The van der Waals surface area contributed by atoms with Crippen LogP contribution in [0.25, 0.3) is 0 Å². The summed E-state index contributed by atoms with van der Waals surface area (Å²) < 4.78 is 130. The summed E-state index contributed by atoms with van der Waals surface area (Å²) in [6.45, 7) is 3.89. The van der Waals surface area contributed by atoms with Gasteiger partial charge in [0.15, 0.2) is 0 Å². The summed E-state index contributed by atoms with van der Waals surface area (Å²) in [7, 11) is 1.41. The van der Waals surface area contributed by atoms with Gasteiger partial charge in [0.25, 0.3) is 5.95 Å². The third kappa shape index (κ3) is 9.07. The Balaban J connectivity index is 1.54. The van der Waals surface area contributed by atoms with Crippen molar-refractivity contribution in [2.75, 3.05) is 23.0 Å². The largest absolute Gasteiger partial charge is 0.466 e. The van der Waals surface area contributed by atoms with E-state index in [2.05, 4.69) is 20.3 Å². The van der Waals surface area contributed by atoms with Crippen LogP contribution in [0.2, 0.25) is 0 Å².